The summed E-state index contributed by atoms with van der Waals surface area (Å²) in [5.41, 5.74) is 1.45. The van der Waals surface area contributed by atoms with E-state index in [2.05, 4.69) is 69.2 Å². The van der Waals surface area contributed by atoms with Crippen molar-refractivity contribution in [1.82, 2.24) is 20.0 Å². The standard InChI is InChI=1S/C23H39N5/c1-4-26-12-14-27(15-13-26)18-20(2)17-25-23(24-3)28-11-10-22(19-28)16-21-8-6-5-7-9-21/h5-9,20,22H,4,10-19H2,1-3H3,(H,24,25). The molecule has 5 nitrogen and oxygen atoms in total. The first-order chi connectivity index (χ1) is 13.7. The third-order valence-electron chi connectivity index (χ3n) is 6.26. The van der Waals surface area contributed by atoms with Gasteiger partial charge in [-0.15, -0.1) is 0 Å². The second-order valence-electron chi connectivity index (χ2n) is 8.56. The van der Waals surface area contributed by atoms with Crippen LogP contribution in [0.15, 0.2) is 35.3 Å². The molecule has 0 radical (unpaired) electrons. The summed E-state index contributed by atoms with van der Waals surface area (Å²) >= 11 is 0. The Kier molecular flexibility index (Phi) is 8.16. The number of hydrogen-bond acceptors (Lipinski definition) is 3. The molecule has 2 atom stereocenters. The average Bonchev–Trinajstić information content (AvgIpc) is 3.18. The number of nitrogens with one attached hydrogen (secondary N) is 1. The molecule has 0 aromatic heterocycles. The first-order valence-electron chi connectivity index (χ1n) is 11.1. The summed E-state index contributed by atoms with van der Waals surface area (Å²) < 4.78 is 0. The average molecular weight is 386 g/mol. The number of nitrogens with zero attached hydrogens (tertiary/aromatic N) is 4. The first kappa shape index (κ1) is 21.1. The third-order valence-corrected chi connectivity index (χ3v) is 6.26. The second-order valence-corrected chi connectivity index (χ2v) is 8.56. The van der Waals surface area contributed by atoms with Gasteiger partial charge >= 0.3 is 0 Å². The van der Waals surface area contributed by atoms with Gasteiger partial charge in [-0.1, -0.05) is 44.2 Å². The van der Waals surface area contributed by atoms with Gasteiger partial charge in [-0.2, -0.15) is 0 Å². The van der Waals surface area contributed by atoms with Gasteiger partial charge in [0.25, 0.3) is 0 Å². The van der Waals surface area contributed by atoms with E-state index in [4.69, 9.17) is 0 Å². The Morgan fingerprint density at radius 3 is 2.50 bits per heavy atom. The summed E-state index contributed by atoms with van der Waals surface area (Å²) in [4.78, 5) is 12.2. The maximum absolute atomic E-state index is 4.56. The molecule has 0 amide bonds. The van der Waals surface area contributed by atoms with E-state index in [-0.39, 0.29) is 0 Å². The number of likely N-dealkylation sites (tertiary alicyclic amines) is 1. The van der Waals surface area contributed by atoms with E-state index < -0.39 is 0 Å². The molecule has 0 aliphatic carbocycles. The summed E-state index contributed by atoms with van der Waals surface area (Å²) in [6, 6.07) is 10.9. The van der Waals surface area contributed by atoms with E-state index in [1.165, 1.54) is 57.7 Å². The van der Waals surface area contributed by atoms with Crippen molar-refractivity contribution in [1.29, 1.82) is 0 Å². The third kappa shape index (κ3) is 6.21. The number of benzene rings is 1. The summed E-state index contributed by atoms with van der Waals surface area (Å²) in [5, 5.41) is 3.64. The minimum absolute atomic E-state index is 0.632. The lowest BCUT2D eigenvalue weighted by molar-refractivity contribution is 0.124. The highest BCUT2D eigenvalue weighted by Crippen LogP contribution is 2.21. The number of likely N-dealkylation sites (N-methyl/N-ethyl adjacent to an activating group) is 1. The molecule has 3 rings (SSSR count). The highest BCUT2D eigenvalue weighted by Gasteiger charge is 2.25. The molecule has 0 spiro atoms. The van der Waals surface area contributed by atoms with Gasteiger partial charge in [0.1, 0.15) is 0 Å². The lowest BCUT2D eigenvalue weighted by atomic mass is 9.99. The van der Waals surface area contributed by atoms with Gasteiger partial charge in [0.2, 0.25) is 0 Å². The van der Waals surface area contributed by atoms with Crippen LogP contribution in [0, 0.1) is 11.8 Å². The van der Waals surface area contributed by atoms with Crippen molar-refractivity contribution >= 4 is 5.96 Å². The lowest BCUT2D eigenvalue weighted by Crippen LogP contribution is -2.49. The molecule has 156 valence electrons. The summed E-state index contributed by atoms with van der Waals surface area (Å²) in [7, 11) is 1.92. The summed E-state index contributed by atoms with van der Waals surface area (Å²) in [6.45, 7) is 15.1. The molecular formula is C23H39N5. The van der Waals surface area contributed by atoms with E-state index in [1.807, 2.05) is 7.05 Å². The molecular weight excluding hydrogens is 346 g/mol. The maximum Gasteiger partial charge on any atom is 0.193 e. The van der Waals surface area contributed by atoms with Gasteiger partial charge in [0.05, 0.1) is 0 Å². The minimum Gasteiger partial charge on any atom is -0.356 e. The molecule has 0 bridgehead atoms. The molecule has 1 aromatic carbocycles. The zero-order valence-electron chi connectivity index (χ0n) is 18.1. The van der Waals surface area contributed by atoms with E-state index in [0.29, 0.717) is 5.92 Å². The Morgan fingerprint density at radius 2 is 1.82 bits per heavy atom. The topological polar surface area (TPSA) is 34.1 Å². The molecule has 1 N–H and O–H groups in total. The molecule has 2 saturated heterocycles. The van der Waals surface area contributed by atoms with Crippen LogP contribution in [0.2, 0.25) is 0 Å². The fraction of sp³-hybridized carbons (Fsp3) is 0.696. The Hall–Kier alpha value is -1.59. The fourth-order valence-electron chi connectivity index (χ4n) is 4.53. The number of aliphatic imine (C=N–C) groups is 1. The van der Waals surface area contributed by atoms with Gasteiger partial charge in [0.15, 0.2) is 5.96 Å². The molecule has 2 aliphatic heterocycles. The van der Waals surface area contributed by atoms with Crippen LogP contribution >= 0.6 is 0 Å². The van der Waals surface area contributed by atoms with Gasteiger partial charge in [0, 0.05) is 59.4 Å². The van der Waals surface area contributed by atoms with E-state index >= 15 is 0 Å². The molecule has 2 aliphatic rings. The van der Waals surface area contributed by atoms with Crippen molar-refractivity contribution in [3.05, 3.63) is 35.9 Å². The monoisotopic (exact) mass is 385 g/mol. The number of piperazine rings is 1. The van der Waals surface area contributed by atoms with Gasteiger partial charge in [-0.25, -0.2) is 0 Å². The number of guanidine groups is 1. The van der Waals surface area contributed by atoms with E-state index in [0.717, 1.165) is 31.5 Å². The van der Waals surface area contributed by atoms with E-state index in [1.54, 1.807) is 0 Å². The molecule has 5 heteroatoms. The predicted octanol–water partition coefficient (Wildman–Crippen LogP) is 2.40. The minimum atomic E-state index is 0.632. The summed E-state index contributed by atoms with van der Waals surface area (Å²) in [5.74, 6) is 2.44. The summed E-state index contributed by atoms with van der Waals surface area (Å²) in [6.07, 6.45) is 2.43. The molecule has 1 aromatic rings. The van der Waals surface area contributed by atoms with Gasteiger partial charge in [-0.3, -0.25) is 4.99 Å². The zero-order valence-corrected chi connectivity index (χ0v) is 18.1. The smallest absolute Gasteiger partial charge is 0.193 e. The Labute approximate surface area is 171 Å². The molecule has 2 unspecified atom stereocenters. The molecule has 0 saturated carbocycles. The first-order valence-corrected chi connectivity index (χ1v) is 11.1. The van der Waals surface area contributed by atoms with E-state index in [9.17, 15) is 0 Å². The van der Waals surface area contributed by atoms with Crippen molar-refractivity contribution in [2.75, 3.05) is 66.0 Å². The van der Waals surface area contributed by atoms with Gasteiger partial charge < -0.3 is 20.0 Å². The Morgan fingerprint density at radius 1 is 1.11 bits per heavy atom. The fourth-order valence-corrected chi connectivity index (χ4v) is 4.53. The Balaban J connectivity index is 1.38. The highest BCUT2D eigenvalue weighted by atomic mass is 15.3. The van der Waals surface area contributed by atoms with Crippen LogP contribution in [0.5, 0.6) is 0 Å². The normalized spacial score (nSPS) is 23.2. The zero-order chi connectivity index (χ0) is 19.8. The molecule has 2 fully saturated rings. The van der Waals surface area contributed by atoms with Crippen LogP contribution in [0.4, 0.5) is 0 Å². The van der Waals surface area contributed by atoms with Crippen LogP contribution in [0.1, 0.15) is 25.8 Å². The Bertz CT molecular complexity index is 594. The number of rotatable bonds is 7. The molecule has 28 heavy (non-hydrogen) atoms. The van der Waals surface area contributed by atoms with Crippen molar-refractivity contribution in [3.63, 3.8) is 0 Å². The highest BCUT2D eigenvalue weighted by molar-refractivity contribution is 5.80. The van der Waals surface area contributed by atoms with Crippen molar-refractivity contribution in [2.45, 2.75) is 26.7 Å². The van der Waals surface area contributed by atoms with Crippen LogP contribution in [-0.4, -0.2) is 86.6 Å². The van der Waals surface area contributed by atoms with Gasteiger partial charge in [-0.05, 0) is 36.8 Å². The van der Waals surface area contributed by atoms with Crippen LogP contribution in [0.3, 0.4) is 0 Å². The quantitative estimate of drug-likeness (QED) is 0.577. The largest absolute Gasteiger partial charge is 0.356 e. The van der Waals surface area contributed by atoms with Crippen LogP contribution < -0.4 is 5.32 Å². The SMILES string of the molecule is CCN1CCN(CC(C)CNC(=NC)N2CCC(Cc3ccccc3)C2)CC1. The second kappa shape index (κ2) is 10.8. The molecule has 2 heterocycles. The van der Waals surface area contributed by atoms with Crippen LogP contribution in [-0.2, 0) is 6.42 Å². The van der Waals surface area contributed by atoms with Crippen molar-refractivity contribution in [2.24, 2.45) is 16.8 Å². The number of hydrogen-bond donors (Lipinski definition) is 1. The predicted molar refractivity (Wildman–Crippen MR) is 119 cm³/mol. The van der Waals surface area contributed by atoms with Crippen LogP contribution in [0.25, 0.3) is 0 Å². The maximum atomic E-state index is 4.56. The lowest BCUT2D eigenvalue weighted by Gasteiger charge is -2.35. The van der Waals surface area contributed by atoms with Crippen molar-refractivity contribution in [3.8, 4) is 0 Å². The van der Waals surface area contributed by atoms with Crippen molar-refractivity contribution < 1.29 is 0 Å².